The number of aromatic nitrogens is 3. The van der Waals surface area contributed by atoms with Crippen LogP contribution in [-0.4, -0.2) is 46.2 Å². The highest BCUT2D eigenvalue weighted by Gasteiger charge is 2.29. The van der Waals surface area contributed by atoms with Crippen LogP contribution < -0.4 is 4.90 Å². The number of hydrogen-bond donors (Lipinski definition) is 0. The van der Waals surface area contributed by atoms with Crippen LogP contribution in [0.3, 0.4) is 0 Å². The Labute approximate surface area is 148 Å². The summed E-state index contributed by atoms with van der Waals surface area (Å²) in [4.78, 5) is 13.4. The summed E-state index contributed by atoms with van der Waals surface area (Å²) in [5, 5.41) is 13.4. The van der Waals surface area contributed by atoms with Crippen molar-refractivity contribution in [3.63, 3.8) is 0 Å². The molecule has 7 nitrogen and oxygen atoms in total. The van der Waals surface area contributed by atoms with E-state index in [0.29, 0.717) is 11.5 Å². The normalized spacial score (nSPS) is 17.3. The first-order valence-corrected chi connectivity index (χ1v) is 8.58. The second-order valence-electron chi connectivity index (χ2n) is 7.39. The van der Waals surface area contributed by atoms with E-state index in [-0.39, 0.29) is 11.5 Å². The van der Waals surface area contributed by atoms with Gasteiger partial charge in [-0.15, -0.1) is 0 Å². The van der Waals surface area contributed by atoms with Gasteiger partial charge in [0.2, 0.25) is 5.89 Å². The Balaban J connectivity index is 1.66. The van der Waals surface area contributed by atoms with Gasteiger partial charge in [0.1, 0.15) is 11.9 Å². The molecule has 3 rings (SSSR count). The summed E-state index contributed by atoms with van der Waals surface area (Å²) in [6.45, 7) is 11.7. The molecule has 1 atom stereocenters. The zero-order valence-electron chi connectivity index (χ0n) is 15.2. The fourth-order valence-corrected chi connectivity index (χ4v) is 2.92. The molecule has 2 aromatic heterocycles. The lowest BCUT2D eigenvalue weighted by Crippen LogP contribution is -2.47. The molecule has 0 aromatic carbocycles. The van der Waals surface area contributed by atoms with Crippen molar-refractivity contribution in [3.8, 4) is 6.07 Å². The van der Waals surface area contributed by atoms with Gasteiger partial charge >= 0.3 is 0 Å². The number of nitrogens with zero attached hydrogens (tertiary/aromatic N) is 6. The Bertz CT molecular complexity index is 764. The van der Waals surface area contributed by atoms with Crippen molar-refractivity contribution in [1.29, 1.82) is 5.26 Å². The van der Waals surface area contributed by atoms with Crippen LogP contribution in [0.4, 0.5) is 5.82 Å². The number of anilines is 1. The van der Waals surface area contributed by atoms with E-state index in [1.165, 1.54) is 0 Å². The molecule has 3 heterocycles. The van der Waals surface area contributed by atoms with Gasteiger partial charge in [0.25, 0.3) is 0 Å². The third-order valence-corrected chi connectivity index (χ3v) is 4.54. The van der Waals surface area contributed by atoms with Crippen LogP contribution in [0.1, 0.15) is 51.0 Å². The predicted octanol–water partition coefficient (Wildman–Crippen LogP) is 2.52. The van der Waals surface area contributed by atoms with E-state index < -0.39 is 0 Å². The van der Waals surface area contributed by atoms with E-state index in [4.69, 9.17) is 4.52 Å². The summed E-state index contributed by atoms with van der Waals surface area (Å²) in [6, 6.07) is 5.90. The van der Waals surface area contributed by atoms with Gasteiger partial charge in [-0.25, -0.2) is 4.98 Å². The SMILES string of the molecule is CC(c1nc(C(C)(C)C)no1)N1CCN(c2ncccc2C#N)CC1. The maximum absolute atomic E-state index is 9.25. The van der Waals surface area contributed by atoms with Crippen LogP contribution in [0.5, 0.6) is 0 Å². The molecule has 0 N–H and O–H groups in total. The fraction of sp³-hybridized carbons (Fsp3) is 0.556. The third-order valence-electron chi connectivity index (χ3n) is 4.54. The molecule has 132 valence electrons. The van der Waals surface area contributed by atoms with Crippen molar-refractivity contribution in [1.82, 2.24) is 20.0 Å². The number of rotatable bonds is 3. The highest BCUT2D eigenvalue weighted by atomic mass is 16.5. The van der Waals surface area contributed by atoms with Crippen LogP contribution in [0.25, 0.3) is 0 Å². The van der Waals surface area contributed by atoms with Crippen molar-refractivity contribution in [2.24, 2.45) is 0 Å². The minimum Gasteiger partial charge on any atom is -0.353 e. The maximum atomic E-state index is 9.25. The molecule has 1 unspecified atom stereocenters. The van der Waals surface area contributed by atoms with Gasteiger partial charge < -0.3 is 9.42 Å². The summed E-state index contributed by atoms with van der Waals surface area (Å²) < 4.78 is 5.48. The first-order chi connectivity index (χ1) is 11.9. The molecule has 1 aliphatic rings. The summed E-state index contributed by atoms with van der Waals surface area (Å²) >= 11 is 0. The van der Waals surface area contributed by atoms with Gasteiger partial charge in [0, 0.05) is 37.8 Å². The average Bonchev–Trinajstić information content (AvgIpc) is 3.12. The second-order valence-corrected chi connectivity index (χ2v) is 7.39. The van der Waals surface area contributed by atoms with Gasteiger partial charge in [-0.2, -0.15) is 10.2 Å². The molecule has 7 heteroatoms. The zero-order valence-corrected chi connectivity index (χ0v) is 15.2. The average molecular weight is 340 g/mol. The highest BCUT2D eigenvalue weighted by molar-refractivity contribution is 5.53. The van der Waals surface area contributed by atoms with Crippen LogP contribution in [0.2, 0.25) is 0 Å². The number of nitriles is 1. The van der Waals surface area contributed by atoms with Crippen molar-refractivity contribution in [3.05, 3.63) is 35.6 Å². The van der Waals surface area contributed by atoms with E-state index in [2.05, 4.69) is 58.7 Å². The minimum absolute atomic E-state index is 0.0740. The van der Waals surface area contributed by atoms with Crippen molar-refractivity contribution >= 4 is 5.82 Å². The van der Waals surface area contributed by atoms with Gasteiger partial charge in [-0.1, -0.05) is 25.9 Å². The highest BCUT2D eigenvalue weighted by Crippen LogP contribution is 2.26. The van der Waals surface area contributed by atoms with Crippen LogP contribution in [-0.2, 0) is 5.41 Å². The molecule has 2 aromatic rings. The minimum atomic E-state index is -0.118. The summed E-state index contributed by atoms with van der Waals surface area (Å²) in [5.74, 6) is 2.17. The molecule has 0 aliphatic carbocycles. The summed E-state index contributed by atoms with van der Waals surface area (Å²) in [7, 11) is 0. The Kier molecular flexibility index (Phi) is 4.73. The first-order valence-electron chi connectivity index (χ1n) is 8.58. The quantitative estimate of drug-likeness (QED) is 0.849. The predicted molar refractivity (Wildman–Crippen MR) is 94.2 cm³/mol. The molecule has 0 saturated carbocycles. The second kappa shape index (κ2) is 6.81. The standard InChI is InChI=1S/C18H24N6O/c1-13(16-21-17(22-25-16)18(2,3)4)23-8-10-24(11-9-23)15-14(12-19)6-5-7-20-15/h5-7,13H,8-11H2,1-4H3. The van der Waals surface area contributed by atoms with E-state index in [1.54, 1.807) is 12.3 Å². The topological polar surface area (TPSA) is 82.1 Å². The lowest BCUT2D eigenvalue weighted by Gasteiger charge is -2.37. The summed E-state index contributed by atoms with van der Waals surface area (Å²) in [5.41, 5.74) is 0.503. The van der Waals surface area contributed by atoms with E-state index in [1.807, 2.05) is 6.07 Å². The van der Waals surface area contributed by atoms with Gasteiger partial charge in [0.05, 0.1) is 11.6 Å². The molecule has 25 heavy (non-hydrogen) atoms. The van der Waals surface area contributed by atoms with Crippen LogP contribution in [0, 0.1) is 11.3 Å². The third kappa shape index (κ3) is 3.64. The zero-order chi connectivity index (χ0) is 18.0. The largest absolute Gasteiger partial charge is 0.353 e. The Morgan fingerprint density at radius 3 is 2.56 bits per heavy atom. The molecule has 1 saturated heterocycles. The molecule has 1 aliphatic heterocycles. The number of pyridine rings is 1. The smallest absolute Gasteiger partial charge is 0.243 e. The van der Waals surface area contributed by atoms with Crippen molar-refractivity contribution in [2.45, 2.75) is 39.2 Å². The van der Waals surface area contributed by atoms with Crippen molar-refractivity contribution in [2.75, 3.05) is 31.1 Å². The monoisotopic (exact) mass is 340 g/mol. The molecular weight excluding hydrogens is 316 g/mol. The van der Waals surface area contributed by atoms with E-state index >= 15 is 0 Å². The molecule has 1 fully saturated rings. The van der Waals surface area contributed by atoms with Gasteiger partial charge in [-0.3, -0.25) is 4.90 Å². The van der Waals surface area contributed by atoms with Gasteiger partial charge in [-0.05, 0) is 19.1 Å². The van der Waals surface area contributed by atoms with Crippen LogP contribution >= 0.6 is 0 Å². The lowest BCUT2D eigenvalue weighted by molar-refractivity contribution is 0.164. The molecule has 0 radical (unpaired) electrons. The van der Waals surface area contributed by atoms with E-state index in [0.717, 1.165) is 37.8 Å². The van der Waals surface area contributed by atoms with Crippen LogP contribution in [0.15, 0.2) is 22.9 Å². The Morgan fingerprint density at radius 1 is 1.24 bits per heavy atom. The fourth-order valence-electron chi connectivity index (χ4n) is 2.92. The number of hydrogen-bond acceptors (Lipinski definition) is 7. The van der Waals surface area contributed by atoms with Gasteiger partial charge in [0.15, 0.2) is 5.82 Å². The maximum Gasteiger partial charge on any atom is 0.243 e. The molecular formula is C18H24N6O. The molecule has 0 spiro atoms. The summed E-state index contributed by atoms with van der Waals surface area (Å²) in [6.07, 6.45) is 1.73. The Morgan fingerprint density at radius 2 is 1.96 bits per heavy atom. The van der Waals surface area contributed by atoms with Crippen molar-refractivity contribution < 1.29 is 4.52 Å². The molecule has 0 bridgehead atoms. The number of piperazine rings is 1. The van der Waals surface area contributed by atoms with E-state index in [9.17, 15) is 5.26 Å². The lowest BCUT2D eigenvalue weighted by atomic mass is 9.96. The Hall–Kier alpha value is -2.46. The first kappa shape index (κ1) is 17.4. The molecule has 0 amide bonds.